The molecule has 178 valence electrons. The van der Waals surface area contributed by atoms with E-state index in [1.165, 1.54) is 0 Å². The molecule has 0 N–H and O–H groups in total. The van der Waals surface area contributed by atoms with Gasteiger partial charge in [-0.2, -0.15) is 13.2 Å². The van der Waals surface area contributed by atoms with Crippen molar-refractivity contribution in [2.45, 2.75) is 25.9 Å². The van der Waals surface area contributed by atoms with Crippen LogP contribution in [0.4, 0.5) is 19.0 Å². The molecule has 2 saturated heterocycles. The number of nitrogens with zero attached hydrogens (tertiary/aromatic N) is 5. The van der Waals surface area contributed by atoms with Gasteiger partial charge in [-0.3, -0.25) is 9.59 Å². The van der Waals surface area contributed by atoms with Gasteiger partial charge in [0.1, 0.15) is 5.82 Å². The van der Waals surface area contributed by atoms with Crippen LogP contribution in [0.1, 0.15) is 34.7 Å². The van der Waals surface area contributed by atoms with Gasteiger partial charge in [0.15, 0.2) is 0 Å². The highest BCUT2D eigenvalue weighted by Gasteiger charge is 2.34. The Morgan fingerprint density at radius 2 is 1.70 bits per heavy atom. The van der Waals surface area contributed by atoms with E-state index in [4.69, 9.17) is 16.1 Å². The number of aryl methyl sites for hydroxylation is 1. The molecular weight excluding hydrogens is 463 g/mol. The maximum Gasteiger partial charge on any atom is 0.417 e. The van der Waals surface area contributed by atoms with Gasteiger partial charge in [-0.25, -0.2) is 4.98 Å². The zero-order valence-electron chi connectivity index (χ0n) is 17.9. The molecular formula is C21H23ClF3N5O3. The molecule has 4 rings (SSSR count). The van der Waals surface area contributed by atoms with Crippen molar-refractivity contribution in [2.75, 3.05) is 44.2 Å². The Hall–Kier alpha value is -2.82. The number of hydrogen-bond acceptors (Lipinski definition) is 6. The third kappa shape index (κ3) is 5.07. The molecule has 0 aliphatic carbocycles. The Kier molecular flexibility index (Phi) is 6.51. The number of pyridine rings is 1. The molecule has 0 saturated carbocycles. The summed E-state index contributed by atoms with van der Waals surface area (Å²) < 4.78 is 43.5. The lowest BCUT2D eigenvalue weighted by Crippen LogP contribution is -2.53. The van der Waals surface area contributed by atoms with E-state index in [0.717, 1.165) is 12.3 Å². The summed E-state index contributed by atoms with van der Waals surface area (Å²) >= 11 is 6.05. The van der Waals surface area contributed by atoms with Gasteiger partial charge in [0, 0.05) is 57.4 Å². The van der Waals surface area contributed by atoms with Gasteiger partial charge < -0.3 is 19.2 Å². The molecule has 2 aliphatic rings. The molecule has 2 amide bonds. The van der Waals surface area contributed by atoms with E-state index in [9.17, 15) is 22.8 Å². The van der Waals surface area contributed by atoms with Crippen LogP contribution in [-0.4, -0.2) is 71.0 Å². The normalized spacial score (nSPS) is 18.0. The first-order valence-corrected chi connectivity index (χ1v) is 11.0. The molecule has 2 fully saturated rings. The third-order valence-electron chi connectivity index (χ3n) is 6.01. The first kappa shape index (κ1) is 23.3. The zero-order valence-corrected chi connectivity index (χ0v) is 18.7. The van der Waals surface area contributed by atoms with Crippen LogP contribution in [-0.2, 0) is 11.0 Å². The van der Waals surface area contributed by atoms with Crippen LogP contribution in [0.15, 0.2) is 22.9 Å². The maximum absolute atomic E-state index is 13.0. The van der Waals surface area contributed by atoms with E-state index >= 15 is 0 Å². The number of hydrogen-bond donors (Lipinski definition) is 0. The molecule has 0 radical (unpaired) electrons. The second kappa shape index (κ2) is 9.20. The minimum Gasteiger partial charge on any atom is -0.355 e. The van der Waals surface area contributed by atoms with Crippen LogP contribution in [0.3, 0.4) is 0 Å². The standard InChI is InChI=1S/C21H23ClF3N5O3/c1-13-10-17(33-27-13)20(32)30-8-6-29(7-9-30)19(31)14-2-4-28(5-3-14)18-16(22)11-15(12-26-18)21(23,24)25/h10-12,14H,2-9H2,1H3. The number of amides is 2. The summed E-state index contributed by atoms with van der Waals surface area (Å²) in [7, 11) is 0. The van der Waals surface area contributed by atoms with Crippen LogP contribution in [0.2, 0.25) is 5.02 Å². The lowest BCUT2D eigenvalue weighted by atomic mass is 9.95. The Bertz CT molecular complexity index is 1030. The summed E-state index contributed by atoms with van der Waals surface area (Å²) in [6.07, 6.45) is -2.63. The molecule has 0 atom stereocenters. The molecule has 2 aromatic heterocycles. The van der Waals surface area contributed by atoms with Gasteiger partial charge in [0.05, 0.1) is 16.3 Å². The molecule has 0 unspecified atom stereocenters. The average molecular weight is 486 g/mol. The third-order valence-corrected chi connectivity index (χ3v) is 6.29. The summed E-state index contributed by atoms with van der Waals surface area (Å²) in [5, 5.41) is 3.67. The van der Waals surface area contributed by atoms with Crippen LogP contribution in [0.5, 0.6) is 0 Å². The highest BCUT2D eigenvalue weighted by molar-refractivity contribution is 6.33. The van der Waals surface area contributed by atoms with Crippen LogP contribution in [0.25, 0.3) is 0 Å². The second-order valence-corrected chi connectivity index (χ2v) is 8.65. The molecule has 2 aromatic rings. The van der Waals surface area contributed by atoms with Gasteiger partial charge in [0.25, 0.3) is 5.91 Å². The highest BCUT2D eigenvalue weighted by atomic mass is 35.5. The quantitative estimate of drug-likeness (QED) is 0.663. The molecule has 2 aliphatic heterocycles. The molecule has 33 heavy (non-hydrogen) atoms. The molecule has 12 heteroatoms. The van der Waals surface area contributed by atoms with Crippen LogP contribution in [0, 0.1) is 12.8 Å². The number of rotatable bonds is 3. The number of aromatic nitrogens is 2. The average Bonchev–Trinajstić information content (AvgIpc) is 3.24. The van der Waals surface area contributed by atoms with Crippen molar-refractivity contribution in [2.24, 2.45) is 5.92 Å². The maximum atomic E-state index is 13.0. The first-order chi connectivity index (χ1) is 15.6. The second-order valence-electron chi connectivity index (χ2n) is 8.24. The molecule has 0 bridgehead atoms. The van der Waals surface area contributed by atoms with E-state index in [1.807, 2.05) is 4.90 Å². The zero-order chi connectivity index (χ0) is 23.8. The van der Waals surface area contributed by atoms with Crippen molar-refractivity contribution in [3.8, 4) is 0 Å². The SMILES string of the molecule is Cc1cc(C(=O)N2CCN(C(=O)C3CCN(c4ncc(C(F)(F)F)cc4Cl)CC3)CC2)on1. The fourth-order valence-corrected chi connectivity index (χ4v) is 4.45. The van der Waals surface area contributed by atoms with Crippen molar-refractivity contribution in [3.05, 3.63) is 40.4 Å². The smallest absolute Gasteiger partial charge is 0.355 e. The van der Waals surface area contributed by atoms with E-state index in [-0.39, 0.29) is 28.5 Å². The largest absolute Gasteiger partial charge is 0.417 e. The number of piperazine rings is 1. The lowest BCUT2D eigenvalue weighted by molar-refractivity contribution is -0.138. The summed E-state index contributed by atoms with van der Waals surface area (Å²) in [6, 6.07) is 2.47. The number of carbonyl (C=O) groups is 2. The van der Waals surface area contributed by atoms with Crippen LogP contribution < -0.4 is 4.90 Å². The summed E-state index contributed by atoms with van der Waals surface area (Å²) in [6.45, 7) is 4.37. The number of halogens is 4. The Morgan fingerprint density at radius 1 is 1.06 bits per heavy atom. The van der Waals surface area contributed by atoms with Gasteiger partial charge >= 0.3 is 6.18 Å². The van der Waals surface area contributed by atoms with Crippen LogP contribution >= 0.6 is 11.6 Å². The summed E-state index contributed by atoms with van der Waals surface area (Å²) in [4.78, 5) is 34.6. The Morgan fingerprint density at radius 3 is 2.24 bits per heavy atom. The minimum absolute atomic E-state index is 0.0312. The number of alkyl halides is 3. The van der Waals surface area contributed by atoms with Crippen molar-refractivity contribution in [3.63, 3.8) is 0 Å². The molecule has 0 aromatic carbocycles. The molecule has 4 heterocycles. The van der Waals surface area contributed by atoms with Gasteiger partial charge in [0.2, 0.25) is 11.7 Å². The van der Waals surface area contributed by atoms with Gasteiger partial charge in [-0.15, -0.1) is 0 Å². The van der Waals surface area contributed by atoms with Gasteiger partial charge in [-0.1, -0.05) is 16.8 Å². The predicted octanol–water partition coefficient (Wildman–Crippen LogP) is 3.25. The van der Waals surface area contributed by atoms with Crippen molar-refractivity contribution < 1.29 is 27.3 Å². The molecule has 0 spiro atoms. The fraction of sp³-hybridized carbons (Fsp3) is 0.524. The summed E-state index contributed by atoms with van der Waals surface area (Å²) in [5.41, 5.74) is -0.260. The van der Waals surface area contributed by atoms with E-state index < -0.39 is 11.7 Å². The van der Waals surface area contributed by atoms with Gasteiger partial charge in [-0.05, 0) is 25.8 Å². The predicted molar refractivity (Wildman–Crippen MR) is 113 cm³/mol. The van der Waals surface area contributed by atoms with E-state index in [2.05, 4.69) is 10.1 Å². The number of anilines is 1. The Labute approximate surface area is 193 Å². The van der Waals surface area contributed by atoms with Crippen molar-refractivity contribution >= 4 is 29.2 Å². The fourth-order valence-electron chi connectivity index (χ4n) is 4.17. The Balaban J connectivity index is 1.29. The highest BCUT2D eigenvalue weighted by Crippen LogP contribution is 2.35. The first-order valence-electron chi connectivity index (χ1n) is 10.6. The van der Waals surface area contributed by atoms with E-state index in [1.54, 1.807) is 22.8 Å². The number of carbonyl (C=O) groups excluding carboxylic acids is 2. The minimum atomic E-state index is -4.50. The topological polar surface area (TPSA) is 82.8 Å². The van der Waals surface area contributed by atoms with E-state index in [0.29, 0.717) is 63.6 Å². The van der Waals surface area contributed by atoms with Crippen molar-refractivity contribution in [1.82, 2.24) is 19.9 Å². The monoisotopic (exact) mass is 485 g/mol. The van der Waals surface area contributed by atoms with Crippen molar-refractivity contribution in [1.29, 1.82) is 0 Å². The lowest BCUT2D eigenvalue weighted by Gasteiger charge is -2.38. The number of piperidine rings is 1. The molecule has 8 nitrogen and oxygen atoms in total. The summed E-state index contributed by atoms with van der Waals surface area (Å²) in [5.74, 6) is 0.0924.